The quantitative estimate of drug-likeness (QED) is 0.237. The van der Waals surface area contributed by atoms with E-state index in [4.69, 9.17) is 21.0 Å². The first-order valence-corrected chi connectivity index (χ1v) is 14.1. The van der Waals surface area contributed by atoms with Crippen LogP contribution in [-0.2, 0) is 13.7 Å². The first-order valence-electron chi connectivity index (χ1n) is 13.8. The van der Waals surface area contributed by atoms with Gasteiger partial charge in [0.25, 0.3) is 0 Å². The van der Waals surface area contributed by atoms with Gasteiger partial charge < -0.3 is 14.1 Å². The number of aliphatic hydroxyl groups is 1. The summed E-state index contributed by atoms with van der Waals surface area (Å²) in [4.78, 5) is 9.55. The second kappa shape index (κ2) is 14.0. The van der Waals surface area contributed by atoms with E-state index in [9.17, 15) is 5.11 Å². The van der Waals surface area contributed by atoms with Crippen molar-refractivity contribution in [3.63, 3.8) is 0 Å². The summed E-state index contributed by atoms with van der Waals surface area (Å²) in [5.41, 5.74) is 6.73. The molecule has 1 saturated carbocycles. The summed E-state index contributed by atoms with van der Waals surface area (Å²) >= 11 is 6.35. The van der Waals surface area contributed by atoms with E-state index >= 15 is 0 Å². The van der Waals surface area contributed by atoms with E-state index < -0.39 is 0 Å². The highest BCUT2D eigenvalue weighted by Gasteiger charge is 2.27. The van der Waals surface area contributed by atoms with Crippen LogP contribution in [0.25, 0.3) is 45.2 Å². The summed E-state index contributed by atoms with van der Waals surface area (Å²) in [5.74, 6) is 1.63. The van der Waals surface area contributed by atoms with Crippen LogP contribution in [0.2, 0.25) is 5.02 Å². The molecule has 3 aromatic heterocycles. The van der Waals surface area contributed by atoms with Gasteiger partial charge in [0.05, 0.1) is 6.61 Å². The second-order valence-electron chi connectivity index (χ2n) is 8.37. The standard InChI is InChI=1S/C25H20ClN5O2.3C2H6/c1-31-13-27-30-24(31)19-11-17(26)5-6-18(19)16-9-20(15-3-4-15)28-22(10-16)25-29-21-8-14(12-32)2-7-23(21)33-25;3*1-2/h2,5-11,13,15,32H,3-4,12H2,1H3;3*1-2H3. The molecule has 0 bridgehead atoms. The topological polar surface area (TPSA) is 89.9 Å². The van der Waals surface area contributed by atoms with Crippen molar-refractivity contribution in [2.24, 2.45) is 7.05 Å². The van der Waals surface area contributed by atoms with Gasteiger partial charge in [-0.15, -0.1) is 10.2 Å². The predicted octanol–water partition coefficient (Wildman–Crippen LogP) is 8.45. The smallest absolute Gasteiger partial charge is 0.246 e. The summed E-state index contributed by atoms with van der Waals surface area (Å²) in [6.07, 6.45) is 3.92. The molecule has 1 aliphatic carbocycles. The van der Waals surface area contributed by atoms with Gasteiger partial charge in [-0.05, 0) is 65.9 Å². The van der Waals surface area contributed by atoms with Gasteiger partial charge in [-0.2, -0.15) is 0 Å². The second-order valence-corrected chi connectivity index (χ2v) is 8.81. The van der Waals surface area contributed by atoms with Crippen LogP contribution in [0, 0.1) is 0 Å². The minimum Gasteiger partial charge on any atom is -0.435 e. The van der Waals surface area contributed by atoms with E-state index in [1.165, 1.54) is 0 Å². The molecule has 7 nitrogen and oxygen atoms in total. The van der Waals surface area contributed by atoms with Gasteiger partial charge in [0.2, 0.25) is 5.89 Å². The molecule has 6 rings (SSSR count). The molecular weight excluding hydrogens is 510 g/mol. The number of hydrogen-bond donors (Lipinski definition) is 1. The fourth-order valence-electron chi connectivity index (χ4n) is 4.07. The van der Waals surface area contributed by atoms with Gasteiger partial charge in [-0.25, -0.2) is 9.97 Å². The number of oxazole rings is 1. The Kier molecular flexibility index (Phi) is 10.8. The molecule has 1 N–H and O–H groups in total. The van der Waals surface area contributed by atoms with Gasteiger partial charge in [0.15, 0.2) is 11.4 Å². The van der Waals surface area contributed by atoms with E-state index in [1.807, 2.05) is 95.6 Å². The fraction of sp³-hybridized carbons (Fsp3) is 0.355. The zero-order valence-corrected chi connectivity index (χ0v) is 24.6. The Bertz CT molecular complexity index is 1500. The maximum absolute atomic E-state index is 9.44. The lowest BCUT2D eigenvalue weighted by molar-refractivity contribution is 0.282. The minimum atomic E-state index is -0.0426. The molecule has 2 aromatic carbocycles. The normalized spacial score (nSPS) is 12.0. The van der Waals surface area contributed by atoms with E-state index in [-0.39, 0.29) is 6.61 Å². The fourth-order valence-corrected chi connectivity index (χ4v) is 4.24. The SMILES string of the molecule is CC.CC.CC.Cn1cnnc1-c1cc(Cl)ccc1-c1cc(-c2nc3cc(CO)ccc3o2)nc(C2CC2)c1. The number of nitrogens with zero attached hydrogens (tertiary/aromatic N) is 5. The molecule has 0 spiro atoms. The van der Waals surface area contributed by atoms with Crippen molar-refractivity contribution >= 4 is 22.7 Å². The van der Waals surface area contributed by atoms with Crippen molar-refractivity contribution in [2.45, 2.75) is 66.9 Å². The predicted molar refractivity (Wildman–Crippen MR) is 160 cm³/mol. The first-order chi connectivity index (χ1) is 19.1. The number of aromatic nitrogens is 5. The third-order valence-corrected chi connectivity index (χ3v) is 6.17. The maximum atomic E-state index is 9.44. The summed E-state index contributed by atoms with van der Waals surface area (Å²) in [6, 6.07) is 15.4. The average Bonchev–Trinajstić information content (AvgIpc) is 3.62. The summed E-state index contributed by atoms with van der Waals surface area (Å²) in [7, 11) is 1.91. The molecule has 1 fully saturated rings. The number of fused-ring (bicyclic) bond motifs is 1. The highest BCUT2D eigenvalue weighted by atomic mass is 35.5. The van der Waals surface area contributed by atoms with Crippen LogP contribution in [0.5, 0.6) is 0 Å². The number of benzene rings is 2. The molecule has 5 aromatic rings. The number of rotatable bonds is 5. The molecule has 0 radical (unpaired) electrons. The van der Waals surface area contributed by atoms with Gasteiger partial charge in [0, 0.05) is 29.2 Å². The largest absolute Gasteiger partial charge is 0.435 e. The summed E-state index contributed by atoms with van der Waals surface area (Å²) in [6.45, 7) is 12.0. The molecule has 0 aliphatic heterocycles. The third-order valence-electron chi connectivity index (χ3n) is 5.94. The Morgan fingerprint density at radius 2 is 1.67 bits per heavy atom. The van der Waals surface area contributed by atoms with Crippen LogP contribution >= 0.6 is 11.6 Å². The van der Waals surface area contributed by atoms with Crippen molar-refractivity contribution in [3.05, 3.63) is 71.1 Å². The van der Waals surface area contributed by atoms with Gasteiger partial charge in [0.1, 0.15) is 17.5 Å². The molecular formula is C31H38ClN5O2. The van der Waals surface area contributed by atoms with Gasteiger partial charge in [-0.1, -0.05) is 65.3 Å². The highest BCUT2D eigenvalue weighted by Crippen LogP contribution is 2.42. The number of aryl methyl sites for hydroxylation is 1. The lowest BCUT2D eigenvalue weighted by Crippen LogP contribution is -1.97. The zero-order chi connectivity index (χ0) is 28.5. The Morgan fingerprint density at radius 3 is 2.31 bits per heavy atom. The number of halogens is 1. The molecule has 3 heterocycles. The molecule has 8 heteroatoms. The molecule has 0 saturated heterocycles. The molecule has 206 valence electrons. The third kappa shape index (κ3) is 6.72. The lowest BCUT2D eigenvalue weighted by atomic mass is 9.97. The summed E-state index contributed by atoms with van der Waals surface area (Å²) in [5, 5.41) is 18.4. The monoisotopic (exact) mass is 547 g/mol. The van der Waals surface area contributed by atoms with E-state index in [0.717, 1.165) is 46.6 Å². The van der Waals surface area contributed by atoms with Gasteiger partial charge >= 0.3 is 0 Å². The number of hydrogen-bond acceptors (Lipinski definition) is 6. The van der Waals surface area contributed by atoms with E-state index in [1.54, 1.807) is 6.33 Å². The molecule has 0 amide bonds. The zero-order valence-electron chi connectivity index (χ0n) is 23.9. The summed E-state index contributed by atoms with van der Waals surface area (Å²) < 4.78 is 7.91. The molecule has 1 aliphatic rings. The Balaban J connectivity index is 0.000000657. The Morgan fingerprint density at radius 1 is 0.923 bits per heavy atom. The molecule has 0 unspecified atom stereocenters. The lowest BCUT2D eigenvalue weighted by Gasteiger charge is -2.12. The van der Waals surface area contributed by atoms with Crippen molar-refractivity contribution in [3.8, 4) is 34.1 Å². The van der Waals surface area contributed by atoms with Crippen LogP contribution in [0.15, 0.2) is 59.3 Å². The minimum absolute atomic E-state index is 0.0426. The Hall–Kier alpha value is -3.55. The first kappa shape index (κ1) is 30.0. The van der Waals surface area contributed by atoms with Crippen LogP contribution in [0.3, 0.4) is 0 Å². The maximum Gasteiger partial charge on any atom is 0.246 e. The van der Waals surface area contributed by atoms with E-state index in [2.05, 4.69) is 21.2 Å². The Labute approximate surface area is 235 Å². The van der Waals surface area contributed by atoms with Crippen molar-refractivity contribution in [1.82, 2.24) is 24.7 Å². The number of aliphatic hydroxyl groups excluding tert-OH is 1. The number of pyridine rings is 1. The molecule has 39 heavy (non-hydrogen) atoms. The van der Waals surface area contributed by atoms with Gasteiger partial charge in [-0.3, -0.25) is 0 Å². The van der Waals surface area contributed by atoms with Crippen molar-refractivity contribution in [2.75, 3.05) is 0 Å². The molecule has 0 atom stereocenters. The van der Waals surface area contributed by atoms with Crippen LogP contribution < -0.4 is 0 Å². The average molecular weight is 548 g/mol. The van der Waals surface area contributed by atoms with Crippen LogP contribution in [-0.4, -0.2) is 29.8 Å². The van der Waals surface area contributed by atoms with Crippen molar-refractivity contribution < 1.29 is 9.52 Å². The van der Waals surface area contributed by atoms with E-state index in [0.29, 0.717) is 33.6 Å². The van der Waals surface area contributed by atoms with Crippen LogP contribution in [0.4, 0.5) is 0 Å². The van der Waals surface area contributed by atoms with Crippen molar-refractivity contribution in [1.29, 1.82) is 0 Å². The van der Waals surface area contributed by atoms with Crippen LogP contribution in [0.1, 0.15) is 71.6 Å². The highest BCUT2D eigenvalue weighted by molar-refractivity contribution is 6.31.